The van der Waals surface area contributed by atoms with Crippen LogP contribution in [0.3, 0.4) is 0 Å². The average molecular weight is 474 g/mol. The third-order valence-corrected chi connectivity index (χ3v) is 4.56. The topological polar surface area (TPSA) is 119 Å². The van der Waals surface area contributed by atoms with E-state index >= 15 is 0 Å². The van der Waals surface area contributed by atoms with E-state index in [1.165, 1.54) is 6.20 Å². The molecule has 3 aromatic rings. The number of urea groups is 1. The number of nitrogens with one attached hydrogen (secondary N) is 2. The monoisotopic (exact) mass is 474 g/mol. The summed E-state index contributed by atoms with van der Waals surface area (Å²) >= 11 is 0. The fourth-order valence-corrected chi connectivity index (χ4v) is 3.01. The molecule has 0 atom stereocenters. The SMILES string of the molecule is CCOc1cc(C)ncc1-c1ncc(NC(=O)Nc2cnc(C(C)=O)c(C(F)(F)F)c2)c(C)n1. The van der Waals surface area contributed by atoms with Crippen molar-refractivity contribution in [1.29, 1.82) is 0 Å². The van der Waals surface area contributed by atoms with Gasteiger partial charge in [0, 0.05) is 24.9 Å². The van der Waals surface area contributed by atoms with Crippen molar-refractivity contribution in [2.45, 2.75) is 33.9 Å². The lowest BCUT2D eigenvalue weighted by atomic mass is 10.1. The van der Waals surface area contributed by atoms with E-state index in [4.69, 9.17) is 4.74 Å². The van der Waals surface area contributed by atoms with Gasteiger partial charge in [-0.25, -0.2) is 14.8 Å². The summed E-state index contributed by atoms with van der Waals surface area (Å²) in [6.07, 6.45) is -0.888. The second-order valence-corrected chi connectivity index (χ2v) is 7.20. The van der Waals surface area contributed by atoms with Crippen molar-refractivity contribution < 1.29 is 27.5 Å². The lowest BCUT2D eigenvalue weighted by Crippen LogP contribution is -2.22. The first-order valence-electron chi connectivity index (χ1n) is 10.1. The maximum Gasteiger partial charge on any atom is 0.418 e. The Morgan fingerprint density at radius 1 is 1.03 bits per heavy atom. The molecule has 0 aliphatic carbocycles. The largest absolute Gasteiger partial charge is 0.493 e. The zero-order valence-corrected chi connectivity index (χ0v) is 18.7. The minimum atomic E-state index is -4.81. The number of rotatable bonds is 6. The summed E-state index contributed by atoms with van der Waals surface area (Å²) in [5, 5.41) is 4.75. The standard InChI is InChI=1S/C22H21F3N6O3/c1-5-34-18-6-11(2)26-9-15(18)20-28-10-17(12(3)29-20)31-21(33)30-14-7-16(22(23,24)25)19(13(4)32)27-8-14/h6-10H,5H2,1-4H3,(H2,30,31,33). The lowest BCUT2D eigenvalue weighted by Gasteiger charge is -2.14. The summed E-state index contributed by atoms with van der Waals surface area (Å²) in [6, 6.07) is 1.57. The Bertz CT molecular complexity index is 1250. The predicted molar refractivity (Wildman–Crippen MR) is 118 cm³/mol. The third kappa shape index (κ3) is 5.63. The molecule has 2 amide bonds. The Morgan fingerprint density at radius 3 is 2.38 bits per heavy atom. The minimum Gasteiger partial charge on any atom is -0.493 e. The van der Waals surface area contributed by atoms with Gasteiger partial charge in [-0.15, -0.1) is 0 Å². The van der Waals surface area contributed by atoms with Gasteiger partial charge in [-0.1, -0.05) is 0 Å². The number of halogens is 3. The average Bonchev–Trinajstić information content (AvgIpc) is 2.75. The molecule has 2 N–H and O–H groups in total. The van der Waals surface area contributed by atoms with Crippen molar-refractivity contribution in [1.82, 2.24) is 19.9 Å². The van der Waals surface area contributed by atoms with Gasteiger partial charge in [-0.2, -0.15) is 13.2 Å². The van der Waals surface area contributed by atoms with Crippen molar-refractivity contribution >= 4 is 23.2 Å². The molecule has 0 fully saturated rings. The fourth-order valence-electron chi connectivity index (χ4n) is 3.01. The van der Waals surface area contributed by atoms with Crippen molar-refractivity contribution in [2.75, 3.05) is 17.2 Å². The van der Waals surface area contributed by atoms with Gasteiger partial charge in [0.1, 0.15) is 11.4 Å². The number of aryl methyl sites for hydroxylation is 2. The van der Waals surface area contributed by atoms with Crippen LogP contribution in [0.15, 0.2) is 30.7 Å². The van der Waals surface area contributed by atoms with E-state index in [-0.39, 0.29) is 11.4 Å². The number of aromatic nitrogens is 4. The quantitative estimate of drug-likeness (QED) is 0.492. The maximum atomic E-state index is 13.3. The van der Waals surface area contributed by atoms with E-state index in [0.717, 1.165) is 18.8 Å². The number of ether oxygens (including phenoxy) is 1. The van der Waals surface area contributed by atoms with Crippen LogP contribution >= 0.6 is 0 Å². The molecule has 0 unspecified atom stereocenters. The number of anilines is 2. The van der Waals surface area contributed by atoms with Crippen molar-refractivity contribution in [3.63, 3.8) is 0 Å². The molecule has 9 nitrogen and oxygen atoms in total. The fraction of sp³-hybridized carbons (Fsp3) is 0.273. The van der Waals surface area contributed by atoms with Gasteiger partial charge in [0.25, 0.3) is 0 Å². The van der Waals surface area contributed by atoms with Crippen LogP contribution in [0, 0.1) is 13.8 Å². The van der Waals surface area contributed by atoms with Crippen LogP contribution in [0.5, 0.6) is 5.75 Å². The zero-order valence-electron chi connectivity index (χ0n) is 18.7. The van der Waals surface area contributed by atoms with Crippen LogP contribution in [-0.2, 0) is 6.18 Å². The summed E-state index contributed by atoms with van der Waals surface area (Å²) in [4.78, 5) is 40.2. The van der Waals surface area contributed by atoms with Gasteiger partial charge in [-0.05, 0) is 26.8 Å². The van der Waals surface area contributed by atoms with Crippen LogP contribution in [-0.4, -0.2) is 38.4 Å². The number of hydrogen-bond donors (Lipinski definition) is 2. The zero-order chi connectivity index (χ0) is 25.0. The molecule has 0 aliphatic heterocycles. The summed E-state index contributed by atoms with van der Waals surface area (Å²) in [5.74, 6) is 0.0561. The molecule has 3 aromatic heterocycles. The van der Waals surface area contributed by atoms with Crippen molar-refractivity contribution in [2.24, 2.45) is 0 Å². The van der Waals surface area contributed by atoms with Gasteiger partial charge < -0.3 is 15.4 Å². The number of hydrogen-bond acceptors (Lipinski definition) is 7. The first kappa shape index (κ1) is 24.6. The van der Waals surface area contributed by atoms with Gasteiger partial charge in [0.2, 0.25) is 0 Å². The molecule has 0 aliphatic rings. The Balaban J connectivity index is 1.80. The molecule has 34 heavy (non-hydrogen) atoms. The summed E-state index contributed by atoms with van der Waals surface area (Å²) in [7, 11) is 0. The van der Waals surface area contributed by atoms with Gasteiger partial charge in [0.05, 0.1) is 47.2 Å². The number of carbonyl (C=O) groups is 2. The molecule has 0 saturated heterocycles. The van der Waals surface area contributed by atoms with Crippen molar-refractivity contribution in [3.05, 3.63) is 53.4 Å². The smallest absolute Gasteiger partial charge is 0.418 e. The molecule has 0 spiro atoms. The highest BCUT2D eigenvalue weighted by Gasteiger charge is 2.36. The van der Waals surface area contributed by atoms with E-state index in [0.29, 0.717) is 35.5 Å². The number of carbonyl (C=O) groups excluding carboxylic acids is 2. The number of nitrogens with zero attached hydrogens (tertiary/aromatic N) is 4. The van der Waals surface area contributed by atoms with Gasteiger partial charge in [-0.3, -0.25) is 14.8 Å². The molecule has 178 valence electrons. The van der Waals surface area contributed by atoms with E-state index < -0.39 is 29.2 Å². The molecule has 0 aromatic carbocycles. The van der Waals surface area contributed by atoms with Crippen LogP contribution < -0.4 is 15.4 Å². The summed E-state index contributed by atoms with van der Waals surface area (Å²) in [6.45, 7) is 6.72. The molecule has 0 bridgehead atoms. The first-order chi connectivity index (χ1) is 16.0. The normalized spacial score (nSPS) is 11.1. The summed E-state index contributed by atoms with van der Waals surface area (Å²) < 4.78 is 45.4. The number of ketones is 1. The minimum absolute atomic E-state index is 0.239. The molecule has 12 heteroatoms. The molecular weight excluding hydrogens is 453 g/mol. The van der Waals surface area contributed by atoms with Crippen LogP contribution in [0.25, 0.3) is 11.4 Å². The Labute approximate surface area is 192 Å². The van der Waals surface area contributed by atoms with Crippen LogP contribution in [0.1, 0.15) is 41.3 Å². The van der Waals surface area contributed by atoms with Gasteiger partial charge >= 0.3 is 12.2 Å². The number of alkyl halides is 3. The third-order valence-electron chi connectivity index (χ3n) is 4.56. The molecule has 0 saturated carbocycles. The number of Topliss-reactive ketones (excluding diaryl/α,β-unsaturated/α-hetero) is 1. The Kier molecular flexibility index (Phi) is 7.08. The van der Waals surface area contributed by atoms with Crippen LogP contribution in [0.4, 0.5) is 29.3 Å². The summed E-state index contributed by atoms with van der Waals surface area (Å²) in [5.41, 5.74) is -0.222. The highest BCUT2D eigenvalue weighted by Crippen LogP contribution is 2.33. The second-order valence-electron chi connectivity index (χ2n) is 7.20. The second kappa shape index (κ2) is 9.81. The predicted octanol–water partition coefficient (Wildman–Crippen LogP) is 4.81. The van der Waals surface area contributed by atoms with E-state index in [9.17, 15) is 22.8 Å². The van der Waals surface area contributed by atoms with E-state index in [1.54, 1.807) is 19.2 Å². The highest BCUT2D eigenvalue weighted by atomic mass is 19.4. The Hall–Kier alpha value is -4.09. The first-order valence-corrected chi connectivity index (χ1v) is 10.1. The molecule has 3 rings (SSSR count). The highest BCUT2D eigenvalue weighted by molar-refractivity contribution is 6.00. The number of amides is 2. The molecular formula is C22H21F3N6O3. The van der Waals surface area contributed by atoms with Crippen molar-refractivity contribution in [3.8, 4) is 17.1 Å². The Morgan fingerprint density at radius 2 is 1.76 bits per heavy atom. The molecule has 0 radical (unpaired) electrons. The van der Waals surface area contributed by atoms with Crippen LogP contribution in [0.2, 0.25) is 0 Å². The van der Waals surface area contributed by atoms with E-state index in [2.05, 4.69) is 30.6 Å². The number of pyridine rings is 2. The maximum absolute atomic E-state index is 13.3. The molecule has 3 heterocycles. The lowest BCUT2D eigenvalue weighted by molar-refractivity contribution is -0.138. The van der Waals surface area contributed by atoms with E-state index in [1.807, 2.05) is 13.8 Å². The van der Waals surface area contributed by atoms with Gasteiger partial charge in [0.15, 0.2) is 11.6 Å².